The summed E-state index contributed by atoms with van der Waals surface area (Å²) in [7, 11) is 0. The lowest BCUT2D eigenvalue weighted by Crippen LogP contribution is -2.10. The van der Waals surface area contributed by atoms with E-state index in [1.807, 2.05) is 13.0 Å². The van der Waals surface area contributed by atoms with Crippen molar-refractivity contribution in [2.24, 2.45) is 0 Å². The van der Waals surface area contributed by atoms with Crippen LogP contribution in [0.3, 0.4) is 0 Å². The molecule has 1 N–H and O–H groups in total. The van der Waals surface area contributed by atoms with E-state index in [1.165, 1.54) is 11.3 Å². The molecule has 1 heterocycles. The molecule has 0 unspecified atom stereocenters. The van der Waals surface area contributed by atoms with Crippen LogP contribution in [0.2, 0.25) is 0 Å². The Morgan fingerprint density at radius 1 is 1.56 bits per heavy atom. The molecule has 98 valence electrons. The summed E-state index contributed by atoms with van der Waals surface area (Å²) in [5, 5.41) is 4.91. The van der Waals surface area contributed by atoms with Gasteiger partial charge in [0.1, 0.15) is 0 Å². The number of amides is 1. The molecule has 0 aliphatic heterocycles. The molecule has 0 radical (unpaired) electrons. The van der Waals surface area contributed by atoms with Crippen LogP contribution in [0.15, 0.2) is 17.5 Å². The van der Waals surface area contributed by atoms with Crippen molar-refractivity contribution in [1.29, 1.82) is 0 Å². The van der Waals surface area contributed by atoms with Crippen molar-refractivity contribution in [2.45, 2.75) is 26.7 Å². The van der Waals surface area contributed by atoms with Crippen molar-refractivity contribution in [3.63, 3.8) is 0 Å². The van der Waals surface area contributed by atoms with Crippen LogP contribution in [-0.4, -0.2) is 23.5 Å². The molecule has 1 aromatic heterocycles. The number of hydrogen-bond acceptors (Lipinski definition) is 5. The van der Waals surface area contributed by atoms with Crippen LogP contribution < -0.4 is 5.32 Å². The van der Waals surface area contributed by atoms with E-state index in [-0.39, 0.29) is 18.3 Å². The first-order valence-corrected chi connectivity index (χ1v) is 6.54. The van der Waals surface area contributed by atoms with Gasteiger partial charge in [-0.25, -0.2) is 4.98 Å². The number of aromatic nitrogens is 1. The maximum Gasteiger partial charge on any atom is 0.311 e. The molecular formula is C12H16N2O3S. The number of anilines is 1. The molecule has 0 aliphatic rings. The molecule has 0 saturated carbocycles. The predicted octanol–water partition coefficient (Wildman–Crippen LogP) is 2.15. The highest BCUT2D eigenvalue weighted by molar-refractivity contribution is 7.13. The van der Waals surface area contributed by atoms with Crippen LogP contribution in [0.5, 0.6) is 0 Å². The highest BCUT2D eigenvalue weighted by Gasteiger charge is 2.09. The second-order valence-electron chi connectivity index (χ2n) is 3.45. The molecule has 0 spiro atoms. The van der Waals surface area contributed by atoms with E-state index < -0.39 is 0 Å². The monoisotopic (exact) mass is 268 g/mol. The van der Waals surface area contributed by atoms with Gasteiger partial charge in [0.05, 0.1) is 18.7 Å². The number of carbonyl (C=O) groups excluding carboxylic acids is 2. The predicted molar refractivity (Wildman–Crippen MR) is 70.5 cm³/mol. The van der Waals surface area contributed by atoms with Crippen LogP contribution in [0.4, 0.5) is 5.13 Å². The van der Waals surface area contributed by atoms with Crippen molar-refractivity contribution in [1.82, 2.24) is 4.98 Å². The summed E-state index contributed by atoms with van der Waals surface area (Å²) in [5.74, 6) is -0.431. The van der Waals surface area contributed by atoms with E-state index >= 15 is 0 Å². The average Bonchev–Trinajstić information content (AvgIpc) is 2.74. The zero-order valence-corrected chi connectivity index (χ0v) is 11.3. The van der Waals surface area contributed by atoms with Crippen molar-refractivity contribution in [3.05, 3.63) is 23.2 Å². The van der Waals surface area contributed by atoms with Crippen molar-refractivity contribution < 1.29 is 14.3 Å². The SMILES string of the molecule is C/C=C\CC(=O)Nc1nc(CC(=O)OCC)cs1. The standard InChI is InChI=1S/C12H16N2O3S/c1-3-5-6-10(15)14-12-13-9(8-18-12)7-11(16)17-4-2/h3,5,8H,4,6-7H2,1-2H3,(H,13,14,15)/b5-3-. The Morgan fingerprint density at radius 2 is 2.33 bits per heavy atom. The van der Waals surface area contributed by atoms with Gasteiger partial charge in [-0.15, -0.1) is 11.3 Å². The number of nitrogens with zero attached hydrogens (tertiary/aromatic N) is 1. The van der Waals surface area contributed by atoms with Gasteiger partial charge in [0, 0.05) is 11.8 Å². The highest BCUT2D eigenvalue weighted by atomic mass is 32.1. The summed E-state index contributed by atoms with van der Waals surface area (Å²) in [5.41, 5.74) is 0.611. The summed E-state index contributed by atoms with van der Waals surface area (Å²) in [6, 6.07) is 0. The van der Waals surface area contributed by atoms with Gasteiger partial charge >= 0.3 is 5.97 Å². The molecule has 1 rings (SSSR count). The first-order chi connectivity index (χ1) is 8.65. The lowest BCUT2D eigenvalue weighted by atomic mass is 10.3. The van der Waals surface area contributed by atoms with Crippen LogP contribution in [-0.2, 0) is 20.7 Å². The van der Waals surface area contributed by atoms with Crippen LogP contribution in [0.25, 0.3) is 0 Å². The third-order valence-corrected chi connectivity index (χ3v) is 2.77. The zero-order chi connectivity index (χ0) is 13.4. The number of hydrogen-bond donors (Lipinski definition) is 1. The molecule has 1 amide bonds. The quantitative estimate of drug-likeness (QED) is 0.634. The van der Waals surface area contributed by atoms with Gasteiger partial charge in [-0.3, -0.25) is 9.59 Å². The van der Waals surface area contributed by atoms with Crippen LogP contribution in [0.1, 0.15) is 26.0 Å². The van der Waals surface area contributed by atoms with Crippen molar-refractivity contribution >= 4 is 28.3 Å². The van der Waals surface area contributed by atoms with Gasteiger partial charge in [0.15, 0.2) is 5.13 Å². The maximum atomic E-state index is 11.4. The molecule has 0 saturated heterocycles. The Kier molecular flexibility index (Phi) is 6.07. The number of nitrogens with one attached hydrogen (secondary N) is 1. The molecule has 0 atom stereocenters. The Morgan fingerprint density at radius 3 is 3.00 bits per heavy atom. The molecule has 18 heavy (non-hydrogen) atoms. The minimum Gasteiger partial charge on any atom is -0.466 e. The van der Waals surface area contributed by atoms with E-state index in [4.69, 9.17) is 4.74 Å². The number of thiazole rings is 1. The summed E-state index contributed by atoms with van der Waals surface area (Å²) >= 11 is 1.30. The lowest BCUT2D eigenvalue weighted by Gasteiger charge is -1.99. The topological polar surface area (TPSA) is 68.3 Å². The Balaban J connectivity index is 2.47. The van der Waals surface area contributed by atoms with Crippen molar-refractivity contribution in [2.75, 3.05) is 11.9 Å². The largest absolute Gasteiger partial charge is 0.466 e. The second-order valence-corrected chi connectivity index (χ2v) is 4.31. The molecule has 0 fully saturated rings. The summed E-state index contributed by atoms with van der Waals surface area (Å²) in [4.78, 5) is 26.8. The van der Waals surface area contributed by atoms with E-state index in [2.05, 4.69) is 10.3 Å². The fourth-order valence-corrected chi connectivity index (χ4v) is 1.93. The minimum atomic E-state index is -0.311. The number of allylic oxidation sites excluding steroid dienone is 1. The minimum absolute atomic E-state index is 0.120. The third-order valence-electron chi connectivity index (χ3n) is 1.97. The van der Waals surface area contributed by atoms with Gasteiger partial charge in [0.2, 0.25) is 5.91 Å². The smallest absolute Gasteiger partial charge is 0.311 e. The fourth-order valence-electron chi connectivity index (χ4n) is 1.20. The number of carbonyl (C=O) groups is 2. The zero-order valence-electron chi connectivity index (χ0n) is 10.4. The molecule has 6 heteroatoms. The number of rotatable bonds is 6. The van der Waals surface area contributed by atoms with E-state index in [1.54, 1.807) is 18.4 Å². The van der Waals surface area contributed by atoms with Gasteiger partial charge in [-0.2, -0.15) is 0 Å². The summed E-state index contributed by atoms with van der Waals surface area (Å²) < 4.78 is 4.82. The Bertz CT molecular complexity index is 440. The highest BCUT2D eigenvalue weighted by Crippen LogP contribution is 2.16. The third kappa shape index (κ3) is 5.09. The number of esters is 1. The maximum absolute atomic E-state index is 11.4. The first kappa shape index (κ1) is 14.4. The summed E-state index contributed by atoms with van der Waals surface area (Å²) in [6.07, 6.45) is 4.04. The number of ether oxygens (including phenoxy) is 1. The Labute approximate surface area is 110 Å². The van der Waals surface area contributed by atoms with E-state index in [9.17, 15) is 9.59 Å². The van der Waals surface area contributed by atoms with Gasteiger partial charge in [-0.1, -0.05) is 12.2 Å². The fraction of sp³-hybridized carbons (Fsp3) is 0.417. The van der Waals surface area contributed by atoms with Gasteiger partial charge in [0.25, 0.3) is 0 Å². The Hall–Kier alpha value is -1.69. The van der Waals surface area contributed by atoms with Gasteiger partial charge in [-0.05, 0) is 13.8 Å². The summed E-state index contributed by atoms with van der Waals surface area (Å²) in [6.45, 7) is 3.97. The van der Waals surface area contributed by atoms with E-state index in [0.717, 1.165) is 0 Å². The lowest BCUT2D eigenvalue weighted by molar-refractivity contribution is -0.142. The molecule has 5 nitrogen and oxygen atoms in total. The van der Waals surface area contributed by atoms with Gasteiger partial charge < -0.3 is 10.1 Å². The van der Waals surface area contributed by atoms with E-state index in [0.29, 0.717) is 23.9 Å². The molecular weight excluding hydrogens is 252 g/mol. The second kappa shape index (κ2) is 7.60. The molecule has 1 aromatic rings. The van der Waals surface area contributed by atoms with Crippen molar-refractivity contribution in [3.8, 4) is 0 Å². The molecule has 0 bridgehead atoms. The normalized spacial score (nSPS) is 10.6. The average molecular weight is 268 g/mol. The molecule has 0 aliphatic carbocycles. The van der Waals surface area contributed by atoms with Crippen LogP contribution in [0, 0.1) is 0 Å². The first-order valence-electron chi connectivity index (χ1n) is 5.66. The molecule has 0 aromatic carbocycles. The van der Waals surface area contributed by atoms with Crippen LogP contribution >= 0.6 is 11.3 Å².